The lowest BCUT2D eigenvalue weighted by Crippen LogP contribution is -2.46. The van der Waals surface area contributed by atoms with Gasteiger partial charge in [0.05, 0.1) is 0 Å². The van der Waals surface area contributed by atoms with Crippen LogP contribution in [0.2, 0.25) is 0 Å². The summed E-state index contributed by atoms with van der Waals surface area (Å²) in [7, 11) is 0. The first kappa shape index (κ1) is 12.7. The monoisotopic (exact) mass is 346 g/mol. The third-order valence-corrected chi connectivity index (χ3v) is 6.79. The van der Waals surface area contributed by atoms with Crippen molar-refractivity contribution in [2.45, 2.75) is 16.7 Å². The first-order chi connectivity index (χ1) is 10.7. The van der Waals surface area contributed by atoms with E-state index in [0.29, 0.717) is 0 Å². The third kappa shape index (κ3) is 1.18. The van der Waals surface area contributed by atoms with E-state index in [0.717, 1.165) is 0 Å². The predicted octanol–water partition coefficient (Wildman–Crippen LogP) is 5.35. The summed E-state index contributed by atoms with van der Waals surface area (Å²) >= 11 is 4.15. The molecule has 22 heavy (non-hydrogen) atoms. The summed E-state index contributed by atoms with van der Waals surface area (Å²) in [4.78, 5) is 0. The number of halogens is 1. The second-order valence-electron chi connectivity index (χ2n) is 6.42. The molecule has 0 unspecified atom stereocenters. The molecule has 3 aromatic rings. The highest BCUT2D eigenvalue weighted by Crippen LogP contribution is 2.63. The number of benzene rings is 3. The molecule has 0 nitrogen and oxygen atoms in total. The molecule has 0 atom stereocenters. The van der Waals surface area contributed by atoms with Crippen LogP contribution in [0.15, 0.2) is 72.8 Å². The predicted molar refractivity (Wildman–Crippen MR) is 93.7 cm³/mol. The topological polar surface area (TPSA) is 0 Å². The Hall–Kier alpha value is -1.86. The summed E-state index contributed by atoms with van der Waals surface area (Å²) in [6.45, 7) is 2.37. The minimum Gasteiger partial charge on any atom is -0.0695 e. The highest BCUT2D eigenvalue weighted by Gasteiger charge is 2.55. The Balaban J connectivity index is 2.05. The first-order valence-corrected chi connectivity index (χ1v) is 8.46. The summed E-state index contributed by atoms with van der Waals surface area (Å²) in [5.74, 6) is 0. The van der Waals surface area contributed by atoms with Gasteiger partial charge in [-0.25, -0.2) is 0 Å². The molecule has 106 valence electrons. The number of alkyl halides is 1. The Morgan fingerprint density at radius 1 is 0.545 bits per heavy atom. The molecule has 0 saturated carbocycles. The molecule has 0 fully saturated rings. The number of rotatable bonds is 0. The maximum Gasteiger partial charge on any atom is 0.101 e. The van der Waals surface area contributed by atoms with Crippen LogP contribution in [0.3, 0.4) is 0 Å². The zero-order chi connectivity index (χ0) is 14.9. The normalized spacial score (nSPS) is 27.0. The van der Waals surface area contributed by atoms with Crippen molar-refractivity contribution in [3.8, 4) is 0 Å². The van der Waals surface area contributed by atoms with Crippen molar-refractivity contribution < 1.29 is 0 Å². The first-order valence-electron chi connectivity index (χ1n) is 7.67. The van der Waals surface area contributed by atoms with E-state index in [-0.39, 0.29) is 9.74 Å². The zero-order valence-corrected chi connectivity index (χ0v) is 13.9. The van der Waals surface area contributed by atoms with Gasteiger partial charge in [0, 0.05) is 5.41 Å². The molecule has 0 radical (unpaired) electrons. The molecule has 3 aromatic carbocycles. The van der Waals surface area contributed by atoms with Gasteiger partial charge in [-0.05, 0) is 40.3 Å². The summed E-state index contributed by atoms with van der Waals surface area (Å²) in [5, 5.41) is 0. The minimum atomic E-state index is -0.228. The van der Waals surface area contributed by atoms with Crippen LogP contribution in [0.25, 0.3) is 0 Å². The lowest BCUT2D eigenvalue weighted by atomic mass is 9.54. The molecule has 3 aliphatic rings. The molecule has 0 heterocycles. The van der Waals surface area contributed by atoms with Crippen molar-refractivity contribution in [1.82, 2.24) is 0 Å². The standard InChI is InChI=1S/C21H15Br/c1-20-14-8-2-5-11-17(14)21(22,18-12-6-3-9-15(18)20)19-13-7-4-10-16(19)20/h2-13H,1H3. The van der Waals surface area contributed by atoms with Gasteiger partial charge in [0.15, 0.2) is 0 Å². The molecule has 2 bridgehead atoms. The number of hydrogen-bond acceptors (Lipinski definition) is 0. The van der Waals surface area contributed by atoms with Crippen molar-refractivity contribution >= 4 is 15.9 Å². The van der Waals surface area contributed by atoms with Gasteiger partial charge in [-0.15, -0.1) is 0 Å². The molecule has 0 saturated heterocycles. The maximum atomic E-state index is 4.15. The van der Waals surface area contributed by atoms with Crippen molar-refractivity contribution in [1.29, 1.82) is 0 Å². The average molecular weight is 347 g/mol. The summed E-state index contributed by atoms with van der Waals surface area (Å²) in [5.41, 5.74) is 8.34. The Labute approximate surface area is 138 Å². The smallest absolute Gasteiger partial charge is 0.0695 e. The molecule has 1 heteroatoms. The van der Waals surface area contributed by atoms with Crippen LogP contribution < -0.4 is 0 Å². The second-order valence-corrected chi connectivity index (χ2v) is 7.61. The van der Waals surface area contributed by atoms with E-state index in [2.05, 4.69) is 95.7 Å². The van der Waals surface area contributed by atoms with Crippen LogP contribution in [0.1, 0.15) is 40.3 Å². The SMILES string of the molecule is CC12c3ccccc3C(Br)(c3ccccc31)c1ccccc12. The van der Waals surface area contributed by atoms with Crippen LogP contribution >= 0.6 is 15.9 Å². The van der Waals surface area contributed by atoms with Gasteiger partial charge < -0.3 is 0 Å². The van der Waals surface area contributed by atoms with E-state index in [1.807, 2.05) is 0 Å². The van der Waals surface area contributed by atoms with Gasteiger partial charge in [0.25, 0.3) is 0 Å². The summed E-state index contributed by atoms with van der Waals surface area (Å²) in [6, 6.07) is 26.6. The minimum absolute atomic E-state index is 0.0701. The molecule has 0 aliphatic heterocycles. The van der Waals surface area contributed by atoms with Gasteiger partial charge >= 0.3 is 0 Å². The Morgan fingerprint density at radius 3 is 1.14 bits per heavy atom. The van der Waals surface area contributed by atoms with E-state index < -0.39 is 0 Å². The van der Waals surface area contributed by atoms with Crippen LogP contribution in [0.4, 0.5) is 0 Å². The maximum absolute atomic E-state index is 4.15. The Bertz CT molecular complexity index is 729. The Morgan fingerprint density at radius 2 is 0.818 bits per heavy atom. The molecular weight excluding hydrogens is 332 g/mol. The fourth-order valence-electron chi connectivity index (χ4n) is 4.53. The lowest BCUT2D eigenvalue weighted by Gasteiger charge is -2.53. The van der Waals surface area contributed by atoms with Crippen LogP contribution in [0.5, 0.6) is 0 Å². The van der Waals surface area contributed by atoms with Crippen molar-refractivity contribution in [3.63, 3.8) is 0 Å². The van der Waals surface area contributed by atoms with E-state index >= 15 is 0 Å². The van der Waals surface area contributed by atoms with Gasteiger partial charge in [0.1, 0.15) is 4.32 Å². The highest BCUT2D eigenvalue weighted by atomic mass is 79.9. The van der Waals surface area contributed by atoms with Crippen LogP contribution in [0, 0.1) is 0 Å². The van der Waals surface area contributed by atoms with E-state index in [9.17, 15) is 0 Å². The third-order valence-electron chi connectivity index (χ3n) is 5.51. The van der Waals surface area contributed by atoms with E-state index in [1.54, 1.807) is 0 Å². The zero-order valence-electron chi connectivity index (χ0n) is 12.3. The van der Waals surface area contributed by atoms with Gasteiger partial charge in [-0.3, -0.25) is 0 Å². The van der Waals surface area contributed by atoms with Crippen LogP contribution in [-0.2, 0) is 9.74 Å². The quantitative estimate of drug-likeness (QED) is 0.481. The average Bonchev–Trinajstić information content (AvgIpc) is 2.59. The van der Waals surface area contributed by atoms with E-state index in [4.69, 9.17) is 0 Å². The Kier molecular flexibility index (Phi) is 2.25. The highest BCUT2D eigenvalue weighted by molar-refractivity contribution is 9.10. The lowest BCUT2D eigenvalue weighted by molar-refractivity contribution is 0.579. The molecule has 0 spiro atoms. The van der Waals surface area contributed by atoms with E-state index in [1.165, 1.54) is 33.4 Å². The van der Waals surface area contributed by atoms with Gasteiger partial charge in [0.2, 0.25) is 0 Å². The molecule has 0 aromatic heterocycles. The van der Waals surface area contributed by atoms with Gasteiger partial charge in [-0.1, -0.05) is 88.7 Å². The van der Waals surface area contributed by atoms with Crippen molar-refractivity contribution in [3.05, 3.63) is 106 Å². The van der Waals surface area contributed by atoms with Crippen molar-refractivity contribution in [2.24, 2.45) is 0 Å². The van der Waals surface area contributed by atoms with Crippen molar-refractivity contribution in [2.75, 3.05) is 0 Å². The molecular formula is C21H15Br. The largest absolute Gasteiger partial charge is 0.101 e. The van der Waals surface area contributed by atoms with Gasteiger partial charge in [-0.2, -0.15) is 0 Å². The fourth-order valence-corrected chi connectivity index (χ4v) is 5.57. The molecule has 6 rings (SSSR count). The summed E-state index contributed by atoms with van der Waals surface area (Å²) < 4.78 is -0.228. The fraction of sp³-hybridized carbons (Fsp3) is 0.143. The number of hydrogen-bond donors (Lipinski definition) is 0. The second kappa shape index (κ2) is 3.91. The molecule has 0 N–H and O–H groups in total. The molecule has 3 aliphatic carbocycles. The van der Waals surface area contributed by atoms with Crippen LogP contribution in [-0.4, -0.2) is 0 Å². The summed E-state index contributed by atoms with van der Waals surface area (Å²) in [6.07, 6.45) is 0. The molecule has 0 amide bonds.